The maximum Gasteiger partial charge on any atom is 0.119 e. The lowest BCUT2D eigenvalue weighted by molar-refractivity contribution is 0.340. The fourth-order valence-electron chi connectivity index (χ4n) is 1.61. The Morgan fingerprint density at radius 3 is 2.88 bits per heavy atom. The molecule has 1 unspecified atom stereocenters. The van der Waals surface area contributed by atoms with Gasteiger partial charge < -0.3 is 14.9 Å². The molecule has 84 valence electrons. The minimum Gasteiger partial charge on any atom is -0.494 e. The molecule has 0 saturated carbocycles. The van der Waals surface area contributed by atoms with Crippen LogP contribution in [0.25, 0.3) is 0 Å². The first-order chi connectivity index (χ1) is 7.81. The molecule has 1 heterocycles. The monoisotopic (exact) mass is 217 g/mol. The molecule has 3 heteroatoms. The van der Waals surface area contributed by atoms with E-state index in [1.165, 1.54) is 0 Å². The zero-order valence-corrected chi connectivity index (χ0v) is 9.22. The fraction of sp³-hybridized carbons (Fsp3) is 0.231. The van der Waals surface area contributed by atoms with E-state index < -0.39 is 0 Å². The molecular weight excluding hydrogens is 202 g/mol. The van der Waals surface area contributed by atoms with E-state index in [0.29, 0.717) is 6.61 Å². The van der Waals surface area contributed by atoms with Gasteiger partial charge in [-0.1, -0.05) is 12.1 Å². The summed E-state index contributed by atoms with van der Waals surface area (Å²) in [4.78, 5) is 0. The van der Waals surface area contributed by atoms with Crippen molar-refractivity contribution >= 4 is 0 Å². The Kier molecular flexibility index (Phi) is 3.27. The molecule has 3 nitrogen and oxygen atoms in total. The van der Waals surface area contributed by atoms with E-state index in [2.05, 4.69) is 0 Å². The molecule has 2 aromatic rings. The second kappa shape index (κ2) is 4.86. The van der Waals surface area contributed by atoms with Crippen molar-refractivity contribution < 1.29 is 9.15 Å². The van der Waals surface area contributed by atoms with E-state index in [1.807, 2.05) is 37.3 Å². The number of furan rings is 1. The first kappa shape index (κ1) is 10.8. The van der Waals surface area contributed by atoms with E-state index in [0.717, 1.165) is 16.9 Å². The average Bonchev–Trinajstić information content (AvgIpc) is 2.82. The molecule has 0 aliphatic carbocycles. The van der Waals surface area contributed by atoms with Gasteiger partial charge in [-0.3, -0.25) is 0 Å². The molecule has 1 aromatic heterocycles. The summed E-state index contributed by atoms with van der Waals surface area (Å²) in [6, 6.07) is 9.52. The number of hydrogen-bond acceptors (Lipinski definition) is 3. The van der Waals surface area contributed by atoms with Gasteiger partial charge in [-0.15, -0.1) is 0 Å². The molecule has 1 atom stereocenters. The molecule has 1 aromatic carbocycles. The Morgan fingerprint density at radius 1 is 1.31 bits per heavy atom. The van der Waals surface area contributed by atoms with Gasteiger partial charge >= 0.3 is 0 Å². The number of nitrogens with two attached hydrogens (primary N) is 1. The van der Waals surface area contributed by atoms with Crippen LogP contribution in [-0.2, 0) is 0 Å². The third kappa shape index (κ3) is 2.25. The van der Waals surface area contributed by atoms with Crippen LogP contribution in [-0.4, -0.2) is 6.61 Å². The molecule has 0 radical (unpaired) electrons. The largest absolute Gasteiger partial charge is 0.494 e. The lowest BCUT2D eigenvalue weighted by Gasteiger charge is -2.11. The third-order valence-corrected chi connectivity index (χ3v) is 2.43. The van der Waals surface area contributed by atoms with Gasteiger partial charge in [-0.25, -0.2) is 0 Å². The van der Waals surface area contributed by atoms with Crippen LogP contribution < -0.4 is 10.5 Å². The van der Waals surface area contributed by atoms with Gasteiger partial charge in [0.1, 0.15) is 5.75 Å². The number of benzene rings is 1. The van der Waals surface area contributed by atoms with Crippen LogP contribution >= 0.6 is 0 Å². The maximum atomic E-state index is 6.11. The van der Waals surface area contributed by atoms with Crippen LogP contribution in [0.15, 0.2) is 47.3 Å². The van der Waals surface area contributed by atoms with Crippen molar-refractivity contribution in [1.82, 2.24) is 0 Å². The Balaban J connectivity index is 2.23. The molecule has 2 rings (SSSR count). The van der Waals surface area contributed by atoms with Gasteiger partial charge in [0.05, 0.1) is 25.2 Å². The number of ether oxygens (including phenoxy) is 1. The second-order valence-electron chi connectivity index (χ2n) is 3.54. The summed E-state index contributed by atoms with van der Waals surface area (Å²) in [5.41, 5.74) is 8.10. The average molecular weight is 217 g/mol. The van der Waals surface area contributed by atoms with Crippen molar-refractivity contribution in [3.05, 3.63) is 54.0 Å². The molecule has 0 fully saturated rings. The normalized spacial score (nSPS) is 12.4. The zero-order chi connectivity index (χ0) is 11.4. The number of hydrogen-bond donors (Lipinski definition) is 1. The van der Waals surface area contributed by atoms with Crippen molar-refractivity contribution in [2.24, 2.45) is 5.73 Å². The summed E-state index contributed by atoms with van der Waals surface area (Å²) >= 11 is 0. The fourth-order valence-corrected chi connectivity index (χ4v) is 1.61. The van der Waals surface area contributed by atoms with Crippen molar-refractivity contribution in [2.75, 3.05) is 6.61 Å². The van der Waals surface area contributed by atoms with Gasteiger partial charge in [0, 0.05) is 5.56 Å². The minimum atomic E-state index is -0.167. The van der Waals surface area contributed by atoms with Crippen molar-refractivity contribution in [3.8, 4) is 5.75 Å². The van der Waals surface area contributed by atoms with Crippen LogP contribution in [0.4, 0.5) is 0 Å². The smallest absolute Gasteiger partial charge is 0.119 e. The van der Waals surface area contributed by atoms with E-state index in [-0.39, 0.29) is 6.04 Å². The summed E-state index contributed by atoms with van der Waals surface area (Å²) in [6.45, 7) is 2.62. The highest BCUT2D eigenvalue weighted by atomic mass is 16.5. The van der Waals surface area contributed by atoms with Crippen molar-refractivity contribution in [1.29, 1.82) is 0 Å². The summed E-state index contributed by atoms with van der Waals surface area (Å²) in [5, 5.41) is 0. The lowest BCUT2D eigenvalue weighted by atomic mass is 10.0. The molecule has 0 spiro atoms. The Bertz CT molecular complexity index is 437. The molecule has 0 aliphatic rings. The molecule has 16 heavy (non-hydrogen) atoms. The topological polar surface area (TPSA) is 48.4 Å². The molecule has 0 saturated heterocycles. The molecule has 2 N–H and O–H groups in total. The first-order valence-electron chi connectivity index (χ1n) is 5.31. The van der Waals surface area contributed by atoms with Gasteiger partial charge in [0.2, 0.25) is 0 Å². The van der Waals surface area contributed by atoms with E-state index >= 15 is 0 Å². The zero-order valence-electron chi connectivity index (χ0n) is 9.22. The highest BCUT2D eigenvalue weighted by Crippen LogP contribution is 2.23. The highest BCUT2D eigenvalue weighted by Gasteiger charge is 2.10. The quantitative estimate of drug-likeness (QED) is 0.856. The Morgan fingerprint density at radius 2 is 2.19 bits per heavy atom. The van der Waals surface area contributed by atoms with Crippen molar-refractivity contribution in [3.63, 3.8) is 0 Å². The summed E-state index contributed by atoms with van der Waals surface area (Å²) < 4.78 is 10.5. The summed E-state index contributed by atoms with van der Waals surface area (Å²) in [5.74, 6) is 0.846. The predicted octanol–water partition coefficient (Wildman–Crippen LogP) is 2.73. The molecule has 0 amide bonds. The Hall–Kier alpha value is -1.74. The third-order valence-electron chi connectivity index (χ3n) is 2.43. The van der Waals surface area contributed by atoms with Gasteiger partial charge in [-0.05, 0) is 30.7 Å². The predicted molar refractivity (Wildman–Crippen MR) is 62.3 cm³/mol. The van der Waals surface area contributed by atoms with Gasteiger partial charge in [0.15, 0.2) is 0 Å². The minimum absolute atomic E-state index is 0.167. The van der Waals surface area contributed by atoms with Crippen LogP contribution in [0.5, 0.6) is 5.75 Å². The van der Waals surface area contributed by atoms with Crippen LogP contribution in [0.1, 0.15) is 24.1 Å². The molecular formula is C13H15NO2. The van der Waals surface area contributed by atoms with E-state index in [9.17, 15) is 0 Å². The second-order valence-corrected chi connectivity index (χ2v) is 3.54. The van der Waals surface area contributed by atoms with E-state index in [1.54, 1.807) is 12.5 Å². The van der Waals surface area contributed by atoms with Gasteiger partial charge in [-0.2, -0.15) is 0 Å². The van der Waals surface area contributed by atoms with Crippen LogP contribution in [0, 0.1) is 0 Å². The Labute approximate surface area is 94.8 Å². The maximum absolute atomic E-state index is 6.11. The first-order valence-corrected chi connectivity index (χ1v) is 5.31. The number of rotatable bonds is 4. The van der Waals surface area contributed by atoms with Crippen LogP contribution in [0.2, 0.25) is 0 Å². The standard InChI is InChI=1S/C13H15NO2/c1-2-16-12-5-3-4-10(8-12)13(14)11-6-7-15-9-11/h3-9,13H,2,14H2,1H3. The SMILES string of the molecule is CCOc1cccc(C(N)c2ccoc2)c1. The van der Waals surface area contributed by atoms with Crippen LogP contribution in [0.3, 0.4) is 0 Å². The molecule has 0 bridgehead atoms. The lowest BCUT2D eigenvalue weighted by Crippen LogP contribution is -2.10. The van der Waals surface area contributed by atoms with E-state index in [4.69, 9.17) is 14.9 Å². The van der Waals surface area contributed by atoms with Crippen molar-refractivity contribution in [2.45, 2.75) is 13.0 Å². The summed E-state index contributed by atoms with van der Waals surface area (Å²) in [6.07, 6.45) is 3.29. The summed E-state index contributed by atoms with van der Waals surface area (Å²) in [7, 11) is 0. The van der Waals surface area contributed by atoms with Gasteiger partial charge in [0.25, 0.3) is 0 Å². The highest BCUT2D eigenvalue weighted by molar-refractivity contribution is 5.35. The molecule has 0 aliphatic heterocycles.